The van der Waals surface area contributed by atoms with Crippen molar-refractivity contribution >= 4 is 35.3 Å². The van der Waals surface area contributed by atoms with Crippen LogP contribution >= 0.6 is 11.6 Å². The van der Waals surface area contributed by atoms with Gasteiger partial charge in [-0.15, -0.1) is 0 Å². The van der Waals surface area contributed by atoms with Gasteiger partial charge in [0.15, 0.2) is 0 Å². The van der Waals surface area contributed by atoms with Gasteiger partial charge in [-0.1, -0.05) is 0 Å². The molecule has 0 fully saturated rings. The zero-order valence-corrected chi connectivity index (χ0v) is 12.1. The minimum absolute atomic E-state index is 0.403. The summed E-state index contributed by atoms with van der Waals surface area (Å²) in [5, 5.41) is 0.966. The van der Waals surface area contributed by atoms with Crippen LogP contribution in [0.3, 0.4) is 0 Å². The first-order valence-corrected chi connectivity index (χ1v) is 11.3. The molecule has 92 valence electrons. The molecule has 1 aromatic carbocycles. The van der Waals surface area contributed by atoms with Gasteiger partial charge < -0.3 is 0 Å². The van der Waals surface area contributed by atoms with E-state index in [9.17, 15) is 12.3 Å². The van der Waals surface area contributed by atoms with Gasteiger partial charge >= 0.3 is 103 Å². The van der Waals surface area contributed by atoms with Gasteiger partial charge in [-0.3, -0.25) is 0 Å². The van der Waals surface area contributed by atoms with Gasteiger partial charge in [0.25, 0.3) is 0 Å². The van der Waals surface area contributed by atoms with Crippen molar-refractivity contribution in [1.82, 2.24) is 0 Å². The van der Waals surface area contributed by atoms with E-state index in [4.69, 9.17) is 11.6 Å². The van der Waals surface area contributed by atoms with Crippen LogP contribution in [0.4, 0.5) is 3.89 Å². The molecule has 0 heterocycles. The van der Waals surface area contributed by atoms with Crippen LogP contribution < -0.4 is 0 Å². The second kappa shape index (κ2) is 5.02. The Hall–Kier alpha value is -0.131. The molecule has 0 radical (unpaired) electrons. The SMILES string of the molecule is C[Se](C)(Cc1cccc(Cl)c1)OS(=O)(=O)F. The van der Waals surface area contributed by atoms with E-state index in [1.165, 1.54) is 0 Å². The third-order valence-corrected chi connectivity index (χ3v) is 7.93. The summed E-state index contributed by atoms with van der Waals surface area (Å²) in [6, 6.07) is 7.00. The van der Waals surface area contributed by atoms with Gasteiger partial charge in [-0.05, 0) is 0 Å². The summed E-state index contributed by atoms with van der Waals surface area (Å²) in [6.07, 6.45) is 0. The summed E-state index contributed by atoms with van der Waals surface area (Å²) in [5.74, 6) is 3.29. The van der Waals surface area contributed by atoms with Crippen molar-refractivity contribution in [3.05, 3.63) is 34.9 Å². The molecule has 0 aromatic heterocycles. The molecule has 0 amide bonds. The molecule has 0 aliphatic heterocycles. The van der Waals surface area contributed by atoms with E-state index in [2.05, 4.69) is 3.27 Å². The van der Waals surface area contributed by atoms with Crippen LogP contribution in [0.1, 0.15) is 5.56 Å². The third kappa shape index (κ3) is 5.27. The van der Waals surface area contributed by atoms with E-state index in [1.807, 2.05) is 0 Å². The molecular weight excluding hydrogens is 322 g/mol. The number of rotatable bonds is 4. The summed E-state index contributed by atoms with van der Waals surface area (Å²) in [7, 11) is -4.88. The molecule has 0 bridgehead atoms. The van der Waals surface area contributed by atoms with Gasteiger partial charge in [-0.25, -0.2) is 0 Å². The molecule has 16 heavy (non-hydrogen) atoms. The Kier molecular flexibility index (Phi) is 4.37. The average molecular weight is 334 g/mol. The maximum atomic E-state index is 12.4. The van der Waals surface area contributed by atoms with Gasteiger partial charge in [0.2, 0.25) is 0 Å². The van der Waals surface area contributed by atoms with Gasteiger partial charge in [0, 0.05) is 0 Å². The van der Waals surface area contributed by atoms with Gasteiger partial charge in [-0.2, -0.15) is 0 Å². The fourth-order valence-electron chi connectivity index (χ4n) is 1.27. The van der Waals surface area contributed by atoms with E-state index < -0.39 is 23.7 Å². The van der Waals surface area contributed by atoms with E-state index in [0.717, 1.165) is 5.56 Å². The molecular formula is C9H12ClFO3SSe. The predicted molar refractivity (Wildman–Crippen MR) is 63.8 cm³/mol. The topological polar surface area (TPSA) is 43.4 Å². The summed E-state index contributed by atoms with van der Waals surface area (Å²) >= 11 is 2.98. The summed E-state index contributed by atoms with van der Waals surface area (Å²) in [4.78, 5) is 0. The standard InChI is InChI=1S/C9H12ClFO3SSe/c1-16(2,14-15(11,12)13)7-8-4-3-5-9(10)6-8/h3-6H,7H2,1-2H3. The maximum absolute atomic E-state index is 12.4. The van der Waals surface area contributed by atoms with Crippen LogP contribution in [0.15, 0.2) is 24.3 Å². The van der Waals surface area contributed by atoms with Crippen molar-refractivity contribution in [2.45, 2.75) is 17.0 Å². The second-order valence-corrected chi connectivity index (χ2v) is 12.5. The Morgan fingerprint density at radius 3 is 2.56 bits per heavy atom. The molecule has 0 spiro atoms. The zero-order valence-electron chi connectivity index (χ0n) is 8.81. The average Bonchev–Trinajstić information content (AvgIpc) is 1.96. The fraction of sp³-hybridized carbons (Fsp3) is 0.333. The zero-order chi connectivity index (χ0) is 12.4. The van der Waals surface area contributed by atoms with Crippen molar-refractivity contribution in [3.8, 4) is 0 Å². The molecule has 0 N–H and O–H groups in total. The van der Waals surface area contributed by atoms with Crippen LogP contribution in [0.25, 0.3) is 0 Å². The van der Waals surface area contributed by atoms with Gasteiger partial charge in [0.1, 0.15) is 0 Å². The van der Waals surface area contributed by atoms with Crippen LogP contribution in [0, 0.1) is 0 Å². The molecule has 0 aliphatic rings. The monoisotopic (exact) mass is 334 g/mol. The molecule has 1 aromatic rings. The first kappa shape index (κ1) is 13.9. The molecule has 0 saturated carbocycles. The summed E-state index contributed by atoms with van der Waals surface area (Å²) in [5.41, 5.74) is 0.848. The Morgan fingerprint density at radius 2 is 2.06 bits per heavy atom. The van der Waals surface area contributed by atoms with Crippen molar-refractivity contribution in [2.24, 2.45) is 0 Å². The van der Waals surface area contributed by atoms with E-state index in [-0.39, 0.29) is 0 Å². The quantitative estimate of drug-likeness (QED) is 0.628. The minimum atomic E-state index is -4.88. The van der Waals surface area contributed by atoms with Crippen LogP contribution in [-0.4, -0.2) is 21.6 Å². The number of hydrogen-bond donors (Lipinski definition) is 0. The second-order valence-electron chi connectivity index (χ2n) is 3.67. The van der Waals surface area contributed by atoms with Gasteiger partial charge in [0.05, 0.1) is 0 Å². The molecule has 3 nitrogen and oxygen atoms in total. The van der Waals surface area contributed by atoms with Crippen LogP contribution in [-0.2, 0) is 19.1 Å². The van der Waals surface area contributed by atoms with Crippen molar-refractivity contribution < 1.29 is 15.6 Å². The molecule has 0 unspecified atom stereocenters. The van der Waals surface area contributed by atoms with E-state index in [1.54, 1.807) is 35.9 Å². The third-order valence-electron chi connectivity index (χ3n) is 1.67. The Morgan fingerprint density at radius 1 is 1.44 bits per heavy atom. The number of benzene rings is 1. The summed E-state index contributed by atoms with van der Waals surface area (Å²) in [6.45, 7) is 0. The molecule has 1 rings (SSSR count). The number of halogens is 2. The Labute approximate surface area is 103 Å². The molecule has 0 saturated heterocycles. The van der Waals surface area contributed by atoms with Crippen molar-refractivity contribution in [2.75, 3.05) is 0 Å². The fourth-order valence-corrected chi connectivity index (χ4v) is 7.11. The molecule has 0 aliphatic carbocycles. The van der Waals surface area contributed by atoms with Crippen LogP contribution in [0.5, 0.6) is 0 Å². The Bertz CT molecular complexity index is 475. The Balaban J connectivity index is 2.80. The van der Waals surface area contributed by atoms with Crippen molar-refractivity contribution in [3.63, 3.8) is 0 Å². The predicted octanol–water partition coefficient (Wildman–Crippen LogP) is 2.86. The van der Waals surface area contributed by atoms with Crippen LogP contribution in [0.2, 0.25) is 16.7 Å². The van der Waals surface area contributed by atoms with E-state index >= 15 is 0 Å². The normalized spacial score (nSPS) is 13.8. The first-order chi connectivity index (χ1) is 7.18. The van der Waals surface area contributed by atoms with Crippen molar-refractivity contribution in [1.29, 1.82) is 0 Å². The molecule has 7 heteroatoms. The first-order valence-electron chi connectivity index (χ1n) is 4.29. The van der Waals surface area contributed by atoms with E-state index in [0.29, 0.717) is 10.3 Å². The summed E-state index contributed by atoms with van der Waals surface area (Å²) < 4.78 is 37.8. The number of hydrogen-bond acceptors (Lipinski definition) is 3. The molecule has 0 atom stereocenters.